The Morgan fingerprint density at radius 2 is 1.74 bits per heavy atom. The van der Waals surface area contributed by atoms with Gasteiger partial charge in [0.05, 0.1) is 24.5 Å². The quantitative estimate of drug-likeness (QED) is 0.545. The highest BCUT2D eigenvalue weighted by molar-refractivity contribution is 6.04. The third-order valence-corrected chi connectivity index (χ3v) is 5.48. The van der Waals surface area contributed by atoms with Crippen LogP contribution in [-0.4, -0.2) is 31.7 Å². The van der Waals surface area contributed by atoms with E-state index in [9.17, 15) is 9.59 Å². The van der Waals surface area contributed by atoms with E-state index in [2.05, 4.69) is 23.6 Å². The molecule has 2 aromatic carbocycles. The third-order valence-electron chi connectivity index (χ3n) is 5.48. The first kappa shape index (κ1) is 22.8. The Balaban J connectivity index is 1.84. The van der Waals surface area contributed by atoms with Gasteiger partial charge in [-0.25, -0.2) is 4.79 Å². The van der Waals surface area contributed by atoms with Crippen molar-refractivity contribution in [2.24, 2.45) is 0 Å². The van der Waals surface area contributed by atoms with Crippen LogP contribution >= 0.6 is 0 Å². The van der Waals surface area contributed by atoms with Gasteiger partial charge in [0, 0.05) is 5.69 Å². The van der Waals surface area contributed by atoms with Crippen LogP contribution in [0.2, 0.25) is 0 Å². The Bertz CT molecular complexity index is 897. The van der Waals surface area contributed by atoms with Crippen molar-refractivity contribution in [2.45, 2.75) is 52.4 Å². The summed E-state index contributed by atoms with van der Waals surface area (Å²) in [5, 5.41) is 6.06. The van der Waals surface area contributed by atoms with Crippen LogP contribution in [0.25, 0.3) is 0 Å². The maximum atomic E-state index is 13.4. The highest BCUT2D eigenvalue weighted by Gasteiger charge is 2.26. The average Bonchev–Trinajstić information content (AvgIpc) is 2.92. The van der Waals surface area contributed by atoms with Crippen molar-refractivity contribution in [3.05, 3.63) is 53.6 Å². The van der Waals surface area contributed by atoms with Gasteiger partial charge in [-0.2, -0.15) is 0 Å². The second-order valence-corrected chi connectivity index (χ2v) is 7.78. The third kappa shape index (κ3) is 6.07. The summed E-state index contributed by atoms with van der Waals surface area (Å²) in [4.78, 5) is 27.0. The number of aryl methyl sites for hydroxylation is 2. The van der Waals surface area contributed by atoms with Crippen LogP contribution in [0.3, 0.4) is 0 Å². The molecular formula is C25H33N3O3. The molecule has 2 amide bonds. The number of hydrogen-bond acceptors (Lipinski definition) is 4. The molecule has 0 aliphatic carbocycles. The smallest absolute Gasteiger partial charge is 0.411 e. The lowest BCUT2D eigenvalue weighted by Crippen LogP contribution is -2.36. The largest absolute Gasteiger partial charge is 0.450 e. The predicted octanol–water partition coefficient (Wildman–Crippen LogP) is 5.19. The number of benzene rings is 2. The number of nitrogens with one attached hydrogen (secondary N) is 2. The molecule has 3 rings (SSSR count). The van der Waals surface area contributed by atoms with Gasteiger partial charge in [-0.05, 0) is 62.1 Å². The Labute approximate surface area is 185 Å². The molecule has 0 radical (unpaired) electrons. The van der Waals surface area contributed by atoms with Crippen LogP contribution in [0.1, 0.15) is 50.7 Å². The van der Waals surface area contributed by atoms with E-state index in [1.807, 2.05) is 36.4 Å². The van der Waals surface area contributed by atoms with Crippen LogP contribution in [0.5, 0.6) is 0 Å². The average molecular weight is 424 g/mol. The molecule has 0 spiro atoms. The maximum Gasteiger partial charge on any atom is 0.411 e. The van der Waals surface area contributed by atoms with Gasteiger partial charge in [-0.15, -0.1) is 0 Å². The summed E-state index contributed by atoms with van der Waals surface area (Å²) in [6, 6.07) is 13.8. The van der Waals surface area contributed by atoms with E-state index >= 15 is 0 Å². The van der Waals surface area contributed by atoms with Gasteiger partial charge < -0.3 is 10.1 Å². The van der Waals surface area contributed by atoms with Crippen molar-refractivity contribution in [3.8, 4) is 0 Å². The minimum atomic E-state index is -0.497. The summed E-state index contributed by atoms with van der Waals surface area (Å²) in [6.45, 7) is 5.37. The van der Waals surface area contributed by atoms with Crippen molar-refractivity contribution in [3.63, 3.8) is 0 Å². The number of amides is 2. The summed E-state index contributed by atoms with van der Waals surface area (Å²) < 4.78 is 5.00. The van der Waals surface area contributed by atoms with E-state index in [0.717, 1.165) is 48.3 Å². The molecule has 0 atom stereocenters. The van der Waals surface area contributed by atoms with Crippen LogP contribution in [0, 0.1) is 0 Å². The Morgan fingerprint density at radius 1 is 0.968 bits per heavy atom. The molecule has 2 N–H and O–H groups in total. The monoisotopic (exact) mass is 423 g/mol. The Hall–Kier alpha value is -2.86. The maximum absolute atomic E-state index is 13.4. The first-order valence-electron chi connectivity index (χ1n) is 11.3. The lowest BCUT2D eigenvalue weighted by molar-refractivity contribution is -0.117. The molecular weight excluding hydrogens is 390 g/mol. The molecule has 0 aromatic heterocycles. The molecule has 0 bridgehead atoms. The van der Waals surface area contributed by atoms with Crippen LogP contribution in [-0.2, 0) is 22.4 Å². The lowest BCUT2D eigenvalue weighted by atomic mass is 10.0. The lowest BCUT2D eigenvalue weighted by Gasteiger charge is -2.26. The van der Waals surface area contributed by atoms with Gasteiger partial charge in [0.1, 0.15) is 0 Å². The first-order valence-corrected chi connectivity index (χ1v) is 11.3. The summed E-state index contributed by atoms with van der Waals surface area (Å²) in [6.07, 6.45) is 5.87. The van der Waals surface area contributed by atoms with Gasteiger partial charge in [0.25, 0.3) is 0 Å². The highest BCUT2D eigenvalue weighted by Crippen LogP contribution is 2.37. The van der Waals surface area contributed by atoms with Crippen LogP contribution in [0.15, 0.2) is 42.5 Å². The number of rotatable bonds is 9. The van der Waals surface area contributed by atoms with Crippen LogP contribution < -0.4 is 15.5 Å². The van der Waals surface area contributed by atoms with Crippen molar-refractivity contribution in [1.82, 2.24) is 5.32 Å². The minimum absolute atomic E-state index is 0.000578. The minimum Gasteiger partial charge on any atom is -0.450 e. The molecule has 166 valence electrons. The fourth-order valence-corrected chi connectivity index (χ4v) is 3.91. The topological polar surface area (TPSA) is 70.7 Å². The Kier molecular flexibility index (Phi) is 8.47. The fraction of sp³-hybridized carbons (Fsp3) is 0.440. The molecule has 1 aliphatic rings. The SMILES string of the molecule is CCCCCCNCC(=O)N1c2ccccc2CCc2ccc(NC(=O)OCC)cc21. The molecule has 6 heteroatoms. The summed E-state index contributed by atoms with van der Waals surface area (Å²) >= 11 is 0. The van der Waals surface area contributed by atoms with E-state index in [0.29, 0.717) is 12.3 Å². The number of fused-ring (bicyclic) bond motifs is 2. The number of hydrogen-bond donors (Lipinski definition) is 2. The number of anilines is 3. The number of carbonyl (C=O) groups excluding carboxylic acids is 2. The number of para-hydroxylation sites is 1. The summed E-state index contributed by atoms with van der Waals surface area (Å²) in [5.74, 6) is -0.000578. The normalized spacial score (nSPS) is 12.5. The molecule has 1 aliphatic heterocycles. The Morgan fingerprint density at radius 3 is 2.52 bits per heavy atom. The van der Waals surface area contributed by atoms with Crippen molar-refractivity contribution >= 4 is 29.1 Å². The molecule has 6 nitrogen and oxygen atoms in total. The van der Waals surface area contributed by atoms with Gasteiger partial charge in [-0.3, -0.25) is 15.0 Å². The second kappa shape index (κ2) is 11.5. The zero-order chi connectivity index (χ0) is 22.1. The van der Waals surface area contributed by atoms with E-state index in [1.165, 1.54) is 19.3 Å². The molecule has 0 saturated carbocycles. The zero-order valence-corrected chi connectivity index (χ0v) is 18.6. The highest BCUT2D eigenvalue weighted by atomic mass is 16.5. The first-order chi connectivity index (χ1) is 15.1. The van der Waals surface area contributed by atoms with Crippen molar-refractivity contribution in [1.29, 1.82) is 0 Å². The number of unbranched alkanes of at least 4 members (excludes halogenated alkanes) is 3. The van der Waals surface area contributed by atoms with Gasteiger partial charge >= 0.3 is 6.09 Å². The molecule has 31 heavy (non-hydrogen) atoms. The molecule has 0 fully saturated rings. The van der Waals surface area contributed by atoms with E-state index in [4.69, 9.17) is 4.74 Å². The van der Waals surface area contributed by atoms with E-state index < -0.39 is 6.09 Å². The van der Waals surface area contributed by atoms with Crippen molar-refractivity contribution < 1.29 is 14.3 Å². The molecule has 1 heterocycles. The summed E-state index contributed by atoms with van der Waals surface area (Å²) in [5.41, 5.74) is 4.57. The number of carbonyl (C=O) groups is 2. The summed E-state index contributed by atoms with van der Waals surface area (Å²) in [7, 11) is 0. The van der Waals surface area contributed by atoms with E-state index in [1.54, 1.807) is 11.8 Å². The zero-order valence-electron chi connectivity index (χ0n) is 18.6. The van der Waals surface area contributed by atoms with Gasteiger partial charge in [-0.1, -0.05) is 50.5 Å². The predicted molar refractivity (Wildman–Crippen MR) is 125 cm³/mol. The molecule has 2 aromatic rings. The molecule has 0 unspecified atom stereocenters. The van der Waals surface area contributed by atoms with Crippen LogP contribution in [0.4, 0.5) is 21.9 Å². The second-order valence-electron chi connectivity index (χ2n) is 7.78. The van der Waals surface area contributed by atoms with Gasteiger partial charge in [0.15, 0.2) is 0 Å². The molecule has 0 saturated heterocycles. The standard InChI is InChI=1S/C25H33N3O3/c1-3-5-6-9-16-26-18-24(29)28-22-11-8-7-10-19(22)12-13-20-14-15-21(17-23(20)28)27-25(30)31-4-2/h7-8,10-11,14-15,17,26H,3-6,9,12-13,16,18H2,1-2H3,(H,27,30). The fourth-order valence-electron chi connectivity index (χ4n) is 3.91. The van der Waals surface area contributed by atoms with Crippen molar-refractivity contribution in [2.75, 3.05) is 29.9 Å². The van der Waals surface area contributed by atoms with Gasteiger partial charge in [0.2, 0.25) is 5.91 Å². The number of ether oxygens (including phenoxy) is 1. The van der Waals surface area contributed by atoms with E-state index in [-0.39, 0.29) is 12.5 Å². The number of nitrogens with zero attached hydrogens (tertiary/aromatic N) is 1.